The second-order valence-electron chi connectivity index (χ2n) is 6.86. The van der Waals surface area contributed by atoms with Crippen molar-refractivity contribution in [2.24, 2.45) is 11.3 Å². The van der Waals surface area contributed by atoms with Crippen molar-refractivity contribution in [1.29, 1.82) is 0 Å². The normalized spacial score (nSPS) is 24.4. The minimum atomic E-state index is -0.0223. The zero-order chi connectivity index (χ0) is 14.9. The van der Waals surface area contributed by atoms with Crippen molar-refractivity contribution in [3.8, 4) is 0 Å². The number of hydrogen-bond donors (Lipinski definition) is 2. The van der Waals surface area contributed by atoms with Crippen LogP contribution in [0.4, 0.5) is 5.69 Å². The van der Waals surface area contributed by atoms with E-state index in [-0.39, 0.29) is 5.91 Å². The average Bonchev–Trinajstić information content (AvgIpc) is 2.64. The molecule has 1 aliphatic carbocycles. The van der Waals surface area contributed by atoms with E-state index in [4.69, 9.17) is 0 Å². The van der Waals surface area contributed by atoms with Crippen LogP contribution in [0.1, 0.15) is 49.5 Å². The summed E-state index contributed by atoms with van der Waals surface area (Å²) >= 11 is 0. The fourth-order valence-corrected chi connectivity index (χ4v) is 3.46. The van der Waals surface area contributed by atoms with Gasteiger partial charge >= 0.3 is 0 Å². The lowest BCUT2D eigenvalue weighted by atomic mass is 9.91. The van der Waals surface area contributed by atoms with Crippen LogP contribution in [0.2, 0.25) is 0 Å². The van der Waals surface area contributed by atoms with Crippen molar-refractivity contribution in [1.82, 2.24) is 5.32 Å². The number of benzene rings is 1. The van der Waals surface area contributed by atoms with Crippen LogP contribution in [-0.4, -0.2) is 19.0 Å². The van der Waals surface area contributed by atoms with Crippen LogP contribution in [0.3, 0.4) is 0 Å². The maximum Gasteiger partial charge on any atom is 0.251 e. The molecule has 0 bridgehead atoms. The van der Waals surface area contributed by atoms with Crippen LogP contribution < -0.4 is 10.6 Å². The molecule has 1 fully saturated rings. The van der Waals surface area contributed by atoms with E-state index in [0.717, 1.165) is 16.8 Å². The van der Waals surface area contributed by atoms with E-state index in [1.54, 1.807) is 7.05 Å². The molecule has 1 aliphatic rings. The van der Waals surface area contributed by atoms with Gasteiger partial charge in [0.15, 0.2) is 0 Å². The molecule has 0 aliphatic heterocycles. The van der Waals surface area contributed by atoms with E-state index >= 15 is 0 Å². The fourth-order valence-electron chi connectivity index (χ4n) is 3.46. The summed E-state index contributed by atoms with van der Waals surface area (Å²) in [6.45, 7) is 8.99. The van der Waals surface area contributed by atoms with Crippen LogP contribution in [-0.2, 0) is 0 Å². The number of nitrogens with one attached hydrogen (secondary N) is 2. The average molecular weight is 274 g/mol. The zero-order valence-electron chi connectivity index (χ0n) is 13.2. The van der Waals surface area contributed by atoms with E-state index in [0.29, 0.717) is 17.4 Å². The SMILES string of the molecule is CNC(=O)c1cccc(NC2CC(C)(C)CC2C)c1C. The van der Waals surface area contributed by atoms with Gasteiger partial charge in [0.2, 0.25) is 0 Å². The van der Waals surface area contributed by atoms with E-state index in [1.807, 2.05) is 19.1 Å². The molecule has 20 heavy (non-hydrogen) atoms. The predicted octanol–water partition coefficient (Wildman–Crippen LogP) is 3.59. The van der Waals surface area contributed by atoms with Crippen LogP contribution in [0, 0.1) is 18.3 Å². The Morgan fingerprint density at radius 1 is 1.30 bits per heavy atom. The number of carbonyl (C=O) groups is 1. The van der Waals surface area contributed by atoms with Gasteiger partial charge in [0.25, 0.3) is 5.91 Å². The third-order valence-corrected chi connectivity index (χ3v) is 4.48. The highest BCUT2D eigenvalue weighted by atomic mass is 16.1. The Balaban J connectivity index is 2.20. The lowest BCUT2D eigenvalue weighted by Crippen LogP contribution is -2.24. The maximum absolute atomic E-state index is 11.9. The Bertz CT molecular complexity index is 508. The summed E-state index contributed by atoms with van der Waals surface area (Å²) in [6.07, 6.45) is 2.43. The molecular formula is C17H26N2O. The number of rotatable bonds is 3. The highest BCUT2D eigenvalue weighted by Gasteiger charge is 2.36. The number of hydrogen-bond acceptors (Lipinski definition) is 2. The predicted molar refractivity (Wildman–Crippen MR) is 84.2 cm³/mol. The fraction of sp³-hybridized carbons (Fsp3) is 0.588. The van der Waals surface area contributed by atoms with E-state index in [2.05, 4.69) is 37.5 Å². The molecule has 1 aromatic carbocycles. The van der Waals surface area contributed by atoms with Gasteiger partial charge in [0.05, 0.1) is 0 Å². The second-order valence-corrected chi connectivity index (χ2v) is 6.86. The first-order chi connectivity index (χ1) is 9.34. The van der Waals surface area contributed by atoms with Gasteiger partial charge in [0.1, 0.15) is 0 Å². The highest BCUT2D eigenvalue weighted by molar-refractivity contribution is 5.96. The molecule has 0 heterocycles. The number of anilines is 1. The topological polar surface area (TPSA) is 41.1 Å². The van der Waals surface area contributed by atoms with Gasteiger partial charge in [-0.1, -0.05) is 26.8 Å². The Hall–Kier alpha value is -1.51. The van der Waals surface area contributed by atoms with Gasteiger partial charge in [-0.3, -0.25) is 4.79 Å². The quantitative estimate of drug-likeness (QED) is 0.884. The summed E-state index contributed by atoms with van der Waals surface area (Å²) in [5.41, 5.74) is 3.27. The molecule has 1 aromatic rings. The molecule has 1 amide bonds. The molecule has 2 atom stereocenters. The minimum absolute atomic E-state index is 0.0223. The number of amides is 1. The second kappa shape index (κ2) is 5.47. The Morgan fingerprint density at radius 2 is 2.00 bits per heavy atom. The first-order valence-electron chi connectivity index (χ1n) is 7.42. The summed E-state index contributed by atoms with van der Waals surface area (Å²) in [6, 6.07) is 6.38. The van der Waals surface area contributed by atoms with Crippen LogP contribution in [0.5, 0.6) is 0 Å². The van der Waals surface area contributed by atoms with Crippen molar-refractivity contribution >= 4 is 11.6 Å². The van der Waals surface area contributed by atoms with Crippen molar-refractivity contribution in [2.75, 3.05) is 12.4 Å². The summed E-state index contributed by atoms with van der Waals surface area (Å²) in [5.74, 6) is 0.638. The maximum atomic E-state index is 11.9. The summed E-state index contributed by atoms with van der Waals surface area (Å²) < 4.78 is 0. The smallest absolute Gasteiger partial charge is 0.251 e. The third-order valence-electron chi connectivity index (χ3n) is 4.48. The standard InChI is InChI=1S/C17H26N2O/c1-11-9-17(3,4)10-15(11)19-14-8-6-7-13(12(14)2)16(20)18-5/h6-8,11,15,19H,9-10H2,1-5H3,(H,18,20). The lowest BCUT2D eigenvalue weighted by molar-refractivity contribution is 0.0962. The molecule has 3 heteroatoms. The Morgan fingerprint density at radius 3 is 2.55 bits per heavy atom. The van der Waals surface area contributed by atoms with Crippen molar-refractivity contribution < 1.29 is 4.79 Å². The first-order valence-corrected chi connectivity index (χ1v) is 7.42. The van der Waals surface area contributed by atoms with Gasteiger partial charge in [0, 0.05) is 24.3 Å². The molecule has 0 saturated heterocycles. The highest BCUT2D eigenvalue weighted by Crippen LogP contribution is 2.42. The zero-order valence-corrected chi connectivity index (χ0v) is 13.2. The Labute approximate surface area is 122 Å². The van der Waals surface area contributed by atoms with E-state index < -0.39 is 0 Å². The molecular weight excluding hydrogens is 248 g/mol. The van der Waals surface area contributed by atoms with Gasteiger partial charge in [-0.25, -0.2) is 0 Å². The molecule has 2 rings (SSSR count). The molecule has 2 unspecified atom stereocenters. The van der Waals surface area contributed by atoms with Gasteiger partial charge in [-0.05, 0) is 48.8 Å². The van der Waals surface area contributed by atoms with Crippen LogP contribution in [0.25, 0.3) is 0 Å². The van der Waals surface area contributed by atoms with Gasteiger partial charge < -0.3 is 10.6 Å². The van der Waals surface area contributed by atoms with Crippen LogP contribution >= 0.6 is 0 Å². The largest absolute Gasteiger partial charge is 0.382 e. The summed E-state index contributed by atoms with van der Waals surface area (Å²) in [7, 11) is 1.67. The number of carbonyl (C=O) groups excluding carboxylic acids is 1. The Kier molecular flexibility index (Phi) is 4.07. The molecule has 3 nitrogen and oxygen atoms in total. The summed E-state index contributed by atoms with van der Waals surface area (Å²) in [5, 5.41) is 6.35. The van der Waals surface area contributed by atoms with Gasteiger partial charge in [-0.15, -0.1) is 0 Å². The molecule has 0 aromatic heterocycles. The third kappa shape index (κ3) is 2.97. The van der Waals surface area contributed by atoms with E-state index in [9.17, 15) is 4.79 Å². The van der Waals surface area contributed by atoms with Crippen molar-refractivity contribution in [3.63, 3.8) is 0 Å². The molecule has 110 valence electrons. The molecule has 0 spiro atoms. The summed E-state index contributed by atoms with van der Waals surface area (Å²) in [4.78, 5) is 11.9. The van der Waals surface area contributed by atoms with Crippen molar-refractivity contribution in [2.45, 2.75) is 46.6 Å². The van der Waals surface area contributed by atoms with E-state index in [1.165, 1.54) is 12.8 Å². The monoisotopic (exact) mass is 274 g/mol. The molecule has 1 saturated carbocycles. The van der Waals surface area contributed by atoms with Crippen LogP contribution in [0.15, 0.2) is 18.2 Å². The van der Waals surface area contributed by atoms with Crippen molar-refractivity contribution in [3.05, 3.63) is 29.3 Å². The lowest BCUT2D eigenvalue weighted by Gasteiger charge is -2.22. The molecule has 2 N–H and O–H groups in total. The molecule has 0 radical (unpaired) electrons. The minimum Gasteiger partial charge on any atom is -0.382 e. The first kappa shape index (κ1) is 14.9. The van der Waals surface area contributed by atoms with Gasteiger partial charge in [-0.2, -0.15) is 0 Å².